The highest BCUT2D eigenvalue weighted by Gasteiger charge is 2.11. The predicted octanol–water partition coefficient (Wildman–Crippen LogP) is 3.09. The Balaban J connectivity index is 3.78. The third-order valence-corrected chi connectivity index (χ3v) is 2.80. The molecule has 0 aliphatic carbocycles. The van der Waals surface area contributed by atoms with Crippen molar-refractivity contribution in [2.24, 2.45) is 5.92 Å². The summed E-state index contributed by atoms with van der Waals surface area (Å²) in [6, 6.07) is 3.13. The number of nitriles is 1. The van der Waals surface area contributed by atoms with E-state index in [9.17, 15) is 0 Å². The highest BCUT2D eigenvalue weighted by molar-refractivity contribution is 4.81. The van der Waals surface area contributed by atoms with E-state index in [2.05, 4.69) is 39.1 Å². The Labute approximate surface area is 88.7 Å². The van der Waals surface area contributed by atoms with Crippen LogP contribution < -0.4 is 5.32 Å². The minimum Gasteiger partial charge on any atom is -0.310 e. The molecular formula is C12H24N2. The molecule has 3 unspecified atom stereocenters. The number of hydrogen-bond acceptors (Lipinski definition) is 2. The van der Waals surface area contributed by atoms with Crippen LogP contribution in [0, 0.1) is 17.2 Å². The van der Waals surface area contributed by atoms with E-state index in [4.69, 9.17) is 5.26 Å². The van der Waals surface area contributed by atoms with Gasteiger partial charge in [0, 0.05) is 12.1 Å². The minimum atomic E-state index is 0.374. The van der Waals surface area contributed by atoms with Crippen molar-refractivity contribution in [3.8, 4) is 6.07 Å². The molecule has 0 aliphatic rings. The Kier molecular flexibility index (Phi) is 7.51. The summed E-state index contributed by atoms with van der Waals surface area (Å²) in [6.07, 6.45) is 4.11. The first-order chi connectivity index (χ1) is 6.63. The van der Waals surface area contributed by atoms with Crippen LogP contribution in [0.5, 0.6) is 0 Å². The van der Waals surface area contributed by atoms with E-state index >= 15 is 0 Å². The smallest absolute Gasteiger partial charge is 0.0638 e. The van der Waals surface area contributed by atoms with Crippen molar-refractivity contribution >= 4 is 0 Å². The Bertz CT molecular complexity index is 172. The molecule has 0 spiro atoms. The lowest BCUT2D eigenvalue weighted by Crippen LogP contribution is -2.36. The maximum atomic E-state index is 8.62. The average molecular weight is 196 g/mol. The van der Waals surface area contributed by atoms with Gasteiger partial charge in [-0.25, -0.2) is 0 Å². The monoisotopic (exact) mass is 196 g/mol. The van der Waals surface area contributed by atoms with E-state index in [1.54, 1.807) is 0 Å². The van der Waals surface area contributed by atoms with Crippen LogP contribution in [0.1, 0.15) is 53.4 Å². The van der Waals surface area contributed by atoms with Gasteiger partial charge in [-0.1, -0.05) is 27.2 Å². The molecule has 0 saturated carbocycles. The minimum absolute atomic E-state index is 0.374. The number of nitrogens with zero attached hydrogens (tertiary/aromatic N) is 1. The average Bonchev–Trinajstić information content (AvgIpc) is 2.16. The number of rotatable bonds is 7. The second kappa shape index (κ2) is 7.82. The first-order valence-electron chi connectivity index (χ1n) is 5.76. The summed E-state index contributed by atoms with van der Waals surface area (Å²) in [5.74, 6) is 0.775. The Hall–Kier alpha value is -0.550. The number of hydrogen-bond donors (Lipinski definition) is 1. The predicted molar refractivity (Wildman–Crippen MR) is 61.0 cm³/mol. The van der Waals surface area contributed by atoms with E-state index in [0.29, 0.717) is 18.5 Å². The van der Waals surface area contributed by atoms with Gasteiger partial charge in [0.1, 0.15) is 0 Å². The zero-order valence-corrected chi connectivity index (χ0v) is 10.0. The van der Waals surface area contributed by atoms with E-state index in [0.717, 1.165) is 12.3 Å². The lowest BCUT2D eigenvalue weighted by atomic mass is 9.99. The summed E-state index contributed by atoms with van der Waals surface area (Å²) < 4.78 is 0. The van der Waals surface area contributed by atoms with E-state index in [-0.39, 0.29) is 0 Å². The van der Waals surface area contributed by atoms with Crippen LogP contribution in [0.3, 0.4) is 0 Å². The van der Waals surface area contributed by atoms with Gasteiger partial charge in [0.2, 0.25) is 0 Å². The molecular weight excluding hydrogens is 172 g/mol. The molecule has 0 amide bonds. The SMILES string of the molecule is CCC(C)CC(C)NC(CC)CC#N. The van der Waals surface area contributed by atoms with Crippen LogP contribution in [-0.2, 0) is 0 Å². The summed E-state index contributed by atoms with van der Waals surface area (Å²) in [7, 11) is 0. The molecule has 82 valence electrons. The van der Waals surface area contributed by atoms with Gasteiger partial charge in [0.05, 0.1) is 12.5 Å². The van der Waals surface area contributed by atoms with Crippen LogP contribution >= 0.6 is 0 Å². The Morgan fingerprint density at radius 2 is 1.86 bits per heavy atom. The molecule has 1 N–H and O–H groups in total. The van der Waals surface area contributed by atoms with E-state index in [1.165, 1.54) is 12.8 Å². The van der Waals surface area contributed by atoms with Gasteiger partial charge in [0.15, 0.2) is 0 Å². The normalized spacial score (nSPS) is 17.1. The highest BCUT2D eigenvalue weighted by Crippen LogP contribution is 2.10. The van der Waals surface area contributed by atoms with Crippen molar-refractivity contribution in [3.05, 3.63) is 0 Å². The maximum absolute atomic E-state index is 8.62. The van der Waals surface area contributed by atoms with Crippen LogP contribution in [0.4, 0.5) is 0 Å². The molecule has 0 aliphatic heterocycles. The summed E-state index contributed by atoms with van der Waals surface area (Å²) >= 11 is 0. The zero-order chi connectivity index (χ0) is 11.0. The van der Waals surface area contributed by atoms with Crippen LogP contribution in [0.25, 0.3) is 0 Å². The Morgan fingerprint density at radius 1 is 1.21 bits per heavy atom. The molecule has 2 nitrogen and oxygen atoms in total. The van der Waals surface area contributed by atoms with Crippen molar-refractivity contribution < 1.29 is 0 Å². The molecule has 0 aromatic carbocycles. The molecule has 2 heteroatoms. The van der Waals surface area contributed by atoms with Crippen molar-refractivity contribution in [1.82, 2.24) is 5.32 Å². The topological polar surface area (TPSA) is 35.8 Å². The molecule has 0 rings (SSSR count). The molecule has 0 bridgehead atoms. The van der Waals surface area contributed by atoms with Gasteiger partial charge < -0.3 is 5.32 Å². The standard InChI is InChI=1S/C12H24N2/c1-5-10(3)9-11(4)14-12(6-2)7-8-13/h10-12,14H,5-7,9H2,1-4H3. The molecule has 0 aromatic rings. The fourth-order valence-corrected chi connectivity index (χ4v) is 1.67. The van der Waals surface area contributed by atoms with Crippen molar-refractivity contribution in [2.75, 3.05) is 0 Å². The first-order valence-corrected chi connectivity index (χ1v) is 5.76. The first kappa shape index (κ1) is 13.4. The highest BCUT2D eigenvalue weighted by atomic mass is 14.9. The van der Waals surface area contributed by atoms with Crippen LogP contribution in [0.2, 0.25) is 0 Å². The van der Waals surface area contributed by atoms with Gasteiger partial charge in [-0.3, -0.25) is 0 Å². The third-order valence-electron chi connectivity index (χ3n) is 2.80. The van der Waals surface area contributed by atoms with Crippen LogP contribution in [-0.4, -0.2) is 12.1 Å². The Morgan fingerprint density at radius 3 is 2.29 bits per heavy atom. The van der Waals surface area contributed by atoms with Gasteiger partial charge in [0.25, 0.3) is 0 Å². The number of nitrogens with one attached hydrogen (secondary N) is 1. The molecule has 0 radical (unpaired) electrons. The summed E-state index contributed by atoms with van der Waals surface area (Å²) in [5, 5.41) is 12.1. The fourth-order valence-electron chi connectivity index (χ4n) is 1.67. The maximum Gasteiger partial charge on any atom is 0.0638 e. The van der Waals surface area contributed by atoms with Crippen molar-refractivity contribution in [1.29, 1.82) is 5.26 Å². The molecule has 0 saturated heterocycles. The molecule has 0 heterocycles. The molecule has 3 atom stereocenters. The van der Waals surface area contributed by atoms with Gasteiger partial charge in [-0.2, -0.15) is 5.26 Å². The third kappa shape index (κ3) is 5.99. The molecule has 0 aromatic heterocycles. The summed E-state index contributed by atoms with van der Waals surface area (Å²) in [6.45, 7) is 8.85. The summed E-state index contributed by atoms with van der Waals surface area (Å²) in [4.78, 5) is 0. The van der Waals surface area contributed by atoms with Gasteiger partial charge >= 0.3 is 0 Å². The summed E-state index contributed by atoms with van der Waals surface area (Å²) in [5.41, 5.74) is 0. The second-order valence-electron chi connectivity index (χ2n) is 4.28. The molecule has 0 fully saturated rings. The zero-order valence-electron chi connectivity index (χ0n) is 10.0. The van der Waals surface area contributed by atoms with Crippen LogP contribution in [0.15, 0.2) is 0 Å². The van der Waals surface area contributed by atoms with E-state index in [1.807, 2.05) is 0 Å². The largest absolute Gasteiger partial charge is 0.310 e. The fraction of sp³-hybridized carbons (Fsp3) is 0.917. The molecule has 14 heavy (non-hydrogen) atoms. The lowest BCUT2D eigenvalue weighted by molar-refractivity contribution is 0.368. The second-order valence-corrected chi connectivity index (χ2v) is 4.28. The lowest BCUT2D eigenvalue weighted by Gasteiger charge is -2.22. The van der Waals surface area contributed by atoms with Crippen molar-refractivity contribution in [2.45, 2.75) is 65.5 Å². The van der Waals surface area contributed by atoms with Crippen molar-refractivity contribution in [3.63, 3.8) is 0 Å². The quantitative estimate of drug-likeness (QED) is 0.679. The van der Waals surface area contributed by atoms with Gasteiger partial charge in [-0.05, 0) is 25.7 Å². The van der Waals surface area contributed by atoms with E-state index < -0.39 is 0 Å². The van der Waals surface area contributed by atoms with Gasteiger partial charge in [-0.15, -0.1) is 0 Å².